The maximum absolute atomic E-state index is 12.4. The standard InChI is InChI=1S/C19H24N2O5/c1-3-26-16(22)11-5-4-8-12-20-17(23)13(2)21-18(24)14-9-6-7-10-15(14)19(21)25/h6-7,9-10,13H,3-5,8,11-12H2,1-2H3,(H,20,23). The second-order valence-corrected chi connectivity index (χ2v) is 6.11. The van der Waals surface area contributed by atoms with Crippen molar-refractivity contribution < 1.29 is 23.9 Å². The molecule has 140 valence electrons. The molecule has 0 saturated heterocycles. The van der Waals surface area contributed by atoms with Crippen LogP contribution in [0.1, 0.15) is 60.2 Å². The molecule has 26 heavy (non-hydrogen) atoms. The highest BCUT2D eigenvalue weighted by Crippen LogP contribution is 2.24. The Morgan fingerprint density at radius 3 is 2.27 bits per heavy atom. The lowest BCUT2D eigenvalue weighted by molar-refractivity contribution is -0.143. The van der Waals surface area contributed by atoms with Crippen LogP contribution in [0.2, 0.25) is 0 Å². The van der Waals surface area contributed by atoms with E-state index in [2.05, 4.69) is 5.32 Å². The van der Waals surface area contributed by atoms with Crippen LogP contribution in [0.3, 0.4) is 0 Å². The van der Waals surface area contributed by atoms with Crippen molar-refractivity contribution in [3.8, 4) is 0 Å². The minimum absolute atomic E-state index is 0.212. The molecule has 1 atom stereocenters. The van der Waals surface area contributed by atoms with E-state index >= 15 is 0 Å². The van der Waals surface area contributed by atoms with E-state index in [9.17, 15) is 19.2 Å². The zero-order valence-corrected chi connectivity index (χ0v) is 15.1. The number of fused-ring (bicyclic) bond motifs is 1. The van der Waals surface area contributed by atoms with E-state index < -0.39 is 17.9 Å². The van der Waals surface area contributed by atoms with Crippen LogP contribution in [-0.4, -0.2) is 47.8 Å². The Morgan fingerprint density at radius 2 is 1.69 bits per heavy atom. The Kier molecular flexibility index (Phi) is 6.89. The molecule has 0 saturated carbocycles. The number of carbonyl (C=O) groups excluding carboxylic acids is 4. The van der Waals surface area contributed by atoms with Gasteiger partial charge >= 0.3 is 5.97 Å². The second-order valence-electron chi connectivity index (χ2n) is 6.11. The fraction of sp³-hybridized carbons (Fsp3) is 0.474. The van der Waals surface area contributed by atoms with Crippen molar-refractivity contribution in [2.75, 3.05) is 13.2 Å². The number of hydrogen-bond donors (Lipinski definition) is 1. The van der Waals surface area contributed by atoms with Crippen molar-refractivity contribution in [3.63, 3.8) is 0 Å². The maximum atomic E-state index is 12.4. The summed E-state index contributed by atoms with van der Waals surface area (Å²) < 4.78 is 4.84. The van der Waals surface area contributed by atoms with Gasteiger partial charge in [0.1, 0.15) is 6.04 Å². The molecule has 0 fully saturated rings. The summed E-state index contributed by atoms with van der Waals surface area (Å²) in [6.45, 7) is 4.11. The van der Waals surface area contributed by atoms with Crippen molar-refractivity contribution in [1.29, 1.82) is 0 Å². The van der Waals surface area contributed by atoms with Gasteiger partial charge in [0.15, 0.2) is 0 Å². The molecule has 1 aliphatic rings. The zero-order chi connectivity index (χ0) is 19.1. The minimum atomic E-state index is -0.873. The fourth-order valence-corrected chi connectivity index (χ4v) is 2.84. The molecular weight excluding hydrogens is 336 g/mol. The molecule has 3 amide bonds. The van der Waals surface area contributed by atoms with Crippen molar-refractivity contribution in [1.82, 2.24) is 10.2 Å². The molecule has 7 nitrogen and oxygen atoms in total. The third-order valence-corrected chi connectivity index (χ3v) is 4.25. The first-order chi connectivity index (χ1) is 12.5. The number of nitrogens with zero attached hydrogens (tertiary/aromatic N) is 1. The number of rotatable bonds is 9. The van der Waals surface area contributed by atoms with Gasteiger partial charge in [0, 0.05) is 13.0 Å². The quantitative estimate of drug-likeness (QED) is 0.412. The van der Waals surface area contributed by atoms with Crippen LogP contribution in [0.15, 0.2) is 24.3 Å². The Bertz CT molecular complexity index is 666. The minimum Gasteiger partial charge on any atom is -0.466 e. The molecule has 2 rings (SSSR count). The third-order valence-electron chi connectivity index (χ3n) is 4.25. The molecular formula is C19H24N2O5. The lowest BCUT2D eigenvalue weighted by atomic mass is 10.1. The van der Waals surface area contributed by atoms with Crippen LogP contribution in [0.25, 0.3) is 0 Å². The molecule has 0 aromatic heterocycles. The van der Waals surface area contributed by atoms with Gasteiger partial charge in [-0.1, -0.05) is 18.6 Å². The number of unbranched alkanes of at least 4 members (excludes halogenated alkanes) is 2. The van der Waals surface area contributed by atoms with Gasteiger partial charge in [0.25, 0.3) is 11.8 Å². The predicted octanol–water partition coefficient (Wildman–Crippen LogP) is 1.91. The molecule has 0 radical (unpaired) electrons. The van der Waals surface area contributed by atoms with E-state index in [0.717, 1.165) is 11.3 Å². The summed E-state index contributed by atoms with van der Waals surface area (Å²) in [7, 11) is 0. The third kappa shape index (κ3) is 4.47. The lowest BCUT2D eigenvalue weighted by Gasteiger charge is -2.21. The molecule has 1 aromatic rings. The number of amides is 3. The van der Waals surface area contributed by atoms with E-state index in [1.54, 1.807) is 31.2 Å². The van der Waals surface area contributed by atoms with E-state index in [1.165, 1.54) is 6.92 Å². The summed E-state index contributed by atoms with van der Waals surface area (Å²) in [5.41, 5.74) is 0.659. The normalized spacial score (nSPS) is 14.2. The maximum Gasteiger partial charge on any atom is 0.305 e. The first kappa shape index (κ1) is 19.6. The number of esters is 1. The van der Waals surface area contributed by atoms with Crippen molar-refractivity contribution >= 4 is 23.7 Å². The Morgan fingerprint density at radius 1 is 1.08 bits per heavy atom. The molecule has 1 heterocycles. The largest absolute Gasteiger partial charge is 0.466 e. The molecule has 1 aromatic carbocycles. The molecule has 1 unspecified atom stereocenters. The van der Waals surface area contributed by atoms with Gasteiger partial charge in [0.05, 0.1) is 17.7 Å². The number of ether oxygens (including phenoxy) is 1. The predicted molar refractivity (Wildman–Crippen MR) is 94.5 cm³/mol. The van der Waals surface area contributed by atoms with Gasteiger partial charge in [-0.3, -0.25) is 24.1 Å². The van der Waals surface area contributed by atoms with Gasteiger partial charge in [-0.15, -0.1) is 0 Å². The molecule has 7 heteroatoms. The summed E-state index contributed by atoms with van der Waals surface area (Å²) in [5, 5.41) is 2.74. The zero-order valence-electron chi connectivity index (χ0n) is 15.1. The molecule has 1 aliphatic heterocycles. The monoisotopic (exact) mass is 360 g/mol. The summed E-state index contributed by atoms with van der Waals surface area (Å²) in [4.78, 5) is 49.2. The highest BCUT2D eigenvalue weighted by atomic mass is 16.5. The highest BCUT2D eigenvalue weighted by molar-refractivity contribution is 6.22. The van der Waals surface area contributed by atoms with Crippen LogP contribution < -0.4 is 5.32 Å². The summed E-state index contributed by atoms with van der Waals surface area (Å²) in [6, 6.07) is 5.68. The summed E-state index contributed by atoms with van der Waals surface area (Å²) in [6.07, 6.45) is 2.55. The SMILES string of the molecule is CCOC(=O)CCCCCNC(=O)C(C)N1C(=O)c2ccccc2C1=O. The Hall–Kier alpha value is -2.70. The molecule has 0 spiro atoms. The number of benzene rings is 1. The number of hydrogen-bond acceptors (Lipinski definition) is 5. The van der Waals surface area contributed by atoms with Gasteiger partial charge in [-0.2, -0.15) is 0 Å². The van der Waals surface area contributed by atoms with Crippen molar-refractivity contribution in [2.45, 2.75) is 45.6 Å². The van der Waals surface area contributed by atoms with E-state index in [0.29, 0.717) is 43.5 Å². The highest BCUT2D eigenvalue weighted by Gasteiger charge is 2.40. The number of imide groups is 1. The molecule has 0 bridgehead atoms. The smallest absolute Gasteiger partial charge is 0.305 e. The van der Waals surface area contributed by atoms with E-state index in [1.807, 2.05) is 0 Å². The molecule has 0 aliphatic carbocycles. The fourth-order valence-electron chi connectivity index (χ4n) is 2.84. The van der Waals surface area contributed by atoms with Crippen molar-refractivity contribution in [3.05, 3.63) is 35.4 Å². The van der Waals surface area contributed by atoms with Crippen LogP contribution in [-0.2, 0) is 14.3 Å². The van der Waals surface area contributed by atoms with Crippen LogP contribution in [0.4, 0.5) is 0 Å². The number of carbonyl (C=O) groups is 4. The Labute approximate surface area is 152 Å². The first-order valence-corrected chi connectivity index (χ1v) is 8.87. The number of nitrogens with one attached hydrogen (secondary N) is 1. The molecule has 1 N–H and O–H groups in total. The van der Waals surface area contributed by atoms with E-state index in [-0.39, 0.29) is 11.9 Å². The Balaban J connectivity index is 1.76. The second kappa shape index (κ2) is 9.12. The van der Waals surface area contributed by atoms with Crippen molar-refractivity contribution in [2.24, 2.45) is 0 Å². The summed E-state index contributed by atoms with van der Waals surface area (Å²) in [5.74, 6) is -1.47. The van der Waals surface area contributed by atoms with Crippen LogP contribution in [0, 0.1) is 0 Å². The lowest BCUT2D eigenvalue weighted by Crippen LogP contribution is -2.48. The summed E-state index contributed by atoms with van der Waals surface area (Å²) >= 11 is 0. The first-order valence-electron chi connectivity index (χ1n) is 8.87. The van der Waals surface area contributed by atoms with E-state index in [4.69, 9.17) is 4.74 Å². The topological polar surface area (TPSA) is 92.8 Å². The average Bonchev–Trinajstić information content (AvgIpc) is 2.88. The van der Waals surface area contributed by atoms with Gasteiger partial charge in [-0.05, 0) is 38.8 Å². The van der Waals surface area contributed by atoms with Gasteiger partial charge < -0.3 is 10.1 Å². The average molecular weight is 360 g/mol. The van der Waals surface area contributed by atoms with Crippen LogP contribution in [0.5, 0.6) is 0 Å². The van der Waals surface area contributed by atoms with Gasteiger partial charge in [0.2, 0.25) is 5.91 Å². The van der Waals surface area contributed by atoms with Crippen LogP contribution >= 0.6 is 0 Å². The van der Waals surface area contributed by atoms with Gasteiger partial charge in [-0.25, -0.2) is 0 Å².